The van der Waals surface area contributed by atoms with E-state index in [-0.39, 0.29) is 5.91 Å². The summed E-state index contributed by atoms with van der Waals surface area (Å²) in [4.78, 5) is 10.9. The van der Waals surface area contributed by atoms with Gasteiger partial charge in [0.05, 0.1) is 15.7 Å². The van der Waals surface area contributed by atoms with Crippen molar-refractivity contribution in [1.82, 2.24) is 0 Å². The van der Waals surface area contributed by atoms with Gasteiger partial charge in [0.2, 0.25) is 5.91 Å². The molecule has 0 radical (unpaired) electrons. The van der Waals surface area contributed by atoms with Crippen molar-refractivity contribution in [3.63, 3.8) is 0 Å². The molecule has 2 N–H and O–H groups in total. The summed E-state index contributed by atoms with van der Waals surface area (Å²) in [7, 11) is 0. The van der Waals surface area contributed by atoms with Gasteiger partial charge in [0.15, 0.2) is 0 Å². The summed E-state index contributed by atoms with van der Waals surface area (Å²) < 4.78 is 0. The molecule has 0 aliphatic heterocycles. The lowest BCUT2D eigenvalue weighted by atomic mass is 10.3. The van der Waals surface area contributed by atoms with Crippen LogP contribution in [-0.2, 0) is 4.79 Å². The van der Waals surface area contributed by atoms with Crippen LogP contribution in [0.15, 0.2) is 18.2 Å². The van der Waals surface area contributed by atoms with Gasteiger partial charge in [-0.1, -0.05) is 23.2 Å². The predicted molar refractivity (Wildman–Crippen MR) is 53.8 cm³/mol. The van der Waals surface area contributed by atoms with Crippen molar-refractivity contribution in [2.75, 3.05) is 5.01 Å². The zero-order chi connectivity index (χ0) is 10.0. The highest BCUT2D eigenvalue weighted by Crippen LogP contribution is 2.26. The molecule has 0 saturated heterocycles. The lowest BCUT2D eigenvalue weighted by Crippen LogP contribution is -2.35. The molecule has 13 heavy (non-hydrogen) atoms. The van der Waals surface area contributed by atoms with Crippen LogP contribution in [0.3, 0.4) is 0 Å². The Bertz CT molecular complexity index is 341. The first-order chi connectivity index (χ1) is 6.02. The highest BCUT2D eigenvalue weighted by atomic mass is 35.5. The molecule has 0 fully saturated rings. The van der Waals surface area contributed by atoms with E-state index in [0.717, 1.165) is 5.01 Å². The third-order valence-corrected chi connectivity index (χ3v) is 2.26. The Hall–Kier alpha value is -0.770. The lowest BCUT2D eigenvalue weighted by molar-refractivity contribution is -0.116. The van der Waals surface area contributed by atoms with E-state index in [0.29, 0.717) is 15.7 Å². The van der Waals surface area contributed by atoms with Gasteiger partial charge in [0, 0.05) is 6.92 Å². The molecule has 0 aromatic heterocycles. The number of nitrogens with zero attached hydrogens (tertiary/aromatic N) is 1. The number of rotatable bonds is 1. The third kappa shape index (κ3) is 2.34. The Labute approximate surface area is 86.0 Å². The molecule has 1 aromatic rings. The summed E-state index contributed by atoms with van der Waals surface area (Å²) in [6.07, 6.45) is 0. The van der Waals surface area contributed by atoms with Crippen LogP contribution in [0.1, 0.15) is 6.92 Å². The third-order valence-electron chi connectivity index (χ3n) is 1.52. The molecule has 0 heterocycles. The van der Waals surface area contributed by atoms with Crippen molar-refractivity contribution < 1.29 is 4.79 Å². The molecule has 0 saturated carbocycles. The van der Waals surface area contributed by atoms with Gasteiger partial charge >= 0.3 is 0 Å². The van der Waals surface area contributed by atoms with E-state index >= 15 is 0 Å². The van der Waals surface area contributed by atoms with Crippen LogP contribution in [0.2, 0.25) is 10.0 Å². The Morgan fingerprint density at radius 3 is 2.46 bits per heavy atom. The van der Waals surface area contributed by atoms with Crippen LogP contribution >= 0.6 is 23.2 Å². The first-order valence-electron chi connectivity index (χ1n) is 3.53. The van der Waals surface area contributed by atoms with Crippen molar-refractivity contribution >= 4 is 34.8 Å². The molecular formula is C8H8Cl2N2O. The second-order valence-electron chi connectivity index (χ2n) is 2.49. The monoisotopic (exact) mass is 218 g/mol. The molecule has 3 nitrogen and oxygen atoms in total. The molecule has 5 heteroatoms. The van der Waals surface area contributed by atoms with E-state index in [1.165, 1.54) is 13.0 Å². The molecule has 0 atom stereocenters. The fourth-order valence-electron chi connectivity index (χ4n) is 0.817. The van der Waals surface area contributed by atoms with Crippen LogP contribution in [0.4, 0.5) is 5.69 Å². The minimum atomic E-state index is -0.265. The minimum absolute atomic E-state index is 0.265. The average Bonchev–Trinajstić information content (AvgIpc) is 2.08. The van der Waals surface area contributed by atoms with E-state index in [1.54, 1.807) is 12.1 Å². The van der Waals surface area contributed by atoms with Crippen molar-refractivity contribution in [2.45, 2.75) is 6.92 Å². The summed E-state index contributed by atoms with van der Waals surface area (Å²) in [6, 6.07) is 4.74. The first kappa shape index (κ1) is 10.3. The van der Waals surface area contributed by atoms with E-state index in [1.807, 2.05) is 0 Å². The SMILES string of the molecule is CC(=O)N(N)c1ccc(Cl)c(Cl)c1. The summed E-state index contributed by atoms with van der Waals surface area (Å²) in [5, 5.41) is 1.81. The molecular weight excluding hydrogens is 211 g/mol. The van der Waals surface area contributed by atoms with Gasteiger partial charge in [-0.3, -0.25) is 4.79 Å². The average molecular weight is 219 g/mol. The number of carbonyl (C=O) groups is 1. The summed E-state index contributed by atoms with van der Waals surface area (Å²) in [6.45, 7) is 1.36. The Morgan fingerprint density at radius 2 is 2.00 bits per heavy atom. The molecule has 0 aliphatic rings. The molecule has 1 rings (SSSR count). The Morgan fingerprint density at radius 1 is 1.38 bits per heavy atom. The molecule has 0 aliphatic carbocycles. The van der Waals surface area contributed by atoms with E-state index in [4.69, 9.17) is 29.0 Å². The van der Waals surface area contributed by atoms with Crippen LogP contribution < -0.4 is 10.9 Å². The lowest BCUT2D eigenvalue weighted by Gasteiger charge is -2.14. The van der Waals surface area contributed by atoms with Gasteiger partial charge in [-0.25, -0.2) is 10.9 Å². The van der Waals surface area contributed by atoms with Gasteiger partial charge in [-0.05, 0) is 18.2 Å². The minimum Gasteiger partial charge on any atom is -0.273 e. The van der Waals surface area contributed by atoms with Crippen LogP contribution in [0, 0.1) is 0 Å². The standard InChI is InChI=1S/C8H8Cl2N2O/c1-5(13)12(11)6-2-3-7(9)8(10)4-6/h2-4H,11H2,1H3. The van der Waals surface area contributed by atoms with Crippen LogP contribution in [0.25, 0.3) is 0 Å². The summed E-state index contributed by atoms with van der Waals surface area (Å²) in [5.41, 5.74) is 0.516. The number of hydrazine groups is 1. The van der Waals surface area contributed by atoms with Gasteiger partial charge in [0.25, 0.3) is 0 Å². The van der Waals surface area contributed by atoms with Gasteiger partial charge in [-0.15, -0.1) is 0 Å². The summed E-state index contributed by atoms with van der Waals surface area (Å²) in [5.74, 6) is 5.17. The quantitative estimate of drug-likeness (QED) is 0.447. The van der Waals surface area contributed by atoms with Crippen molar-refractivity contribution in [2.24, 2.45) is 5.84 Å². The fourth-order valence-corrected chi connectivity index (χ4v) is 1.11. The fraction of sp³-hybridized carbons (Fsp3) is 0.125. The maximum Gasteiger partial charge on any atom is 0.238 e. The summed E-state index contributed by atoms with van der Waals surface area (Å²) >= 11 is 11.4. The second-order valence-corrected chi connectivity index (χ2v) is 3.30. The zero-order valence-corrected chi connectivity index (χ0v) is 8.43. The van der Waals surface area contributed by atoms with Gasteiger partial charge in [-0.2, -0.15) is 0 Å². The van der Waals surface area contributed by atoms with E-state index in [2.05, 4.69) is 0 Å². The first-order valence-corrected chi connectivity index (χ1v) is 4.28. The number of anilines is 1. The topological polar surface area (TPSA) is 46.3 Å². The van der Waals surface area contributed by atoms with Gasteiger partial charge in [0.1, 0.15) is 0 Å². The van der Waals surface area contributed by atoms with E-state index < -0.39 is 0 Å². The highest BCUT2D eigenvalue weighted by molar-refractivity contribution is 6.42. The Balaban J connectivity index is 3.03. The molecule has 1 aromatic carbocycles. The molecule has 70 valence electrons. The largest absolute Gasteiger partial charge is 0.273 e. The predicted octanol–water partition coefficient (Wildman–Crippen LogP) is 2.22. The molecule has 0 unspecified atom stereocenters. The van der Waals surface area contributed by atoms with Crippen molar-refractivity contribution in [1.29, 1.82) is 0 Å². The zero-order valence-electron chi connectivity index (χ0n) is 6.92. The highest BCUT2D eigenvalue weighted by Gasteiger charge is 2.07. The van der Waals surface area contributed by atoms with Crippen molar-refractivity contribution in [3.05, 3.63) is 28.2 Å². The van der Waals surface area contributed by atoms with Crippen LogP contribution in [-0.4, -0.2) is 5.91 Å². The number of carbonyl (C=O) groups excluding carboxylic acids is 1. The molecule has 1 amide bonds. The van der Waals surface area contributed by atoms with Crippen molar-refractivity contribution in [3.8, 4) is 0 Å². The smallest absolute Gasteiger partial charge is 0.238 e. The molecule has 0 spiro atoms. The van der Waals surface area contributed by atoms with Crippen LogP contribution in [0.5, 0.6) is 0 Å². The number of halogens is 2. The number of benzene rings is 1. The Kier molecular flexibility index (Phi) is 3.14. The maximum atomic E-state index is 10.9. The maximum absolute atomic E-state index is 10.9. The number of amides is 1. The number of nitrogens with two attached hydrogens (primary N) is 1. The van der Waals surface area contributed by atoms with E-state index in [9.17, 15) is 4.79 Å². The normalized spacial score (nSPS) is 9.85. The molecule has 0 bridgehead atoms. The van der Waals surface area contributed by atoms with Gasteiger partial charge < -0.3 is 0 Å². The number of hydrogen-bond donors (Lipinski definition) is 1. The second kappa shape index (κ2) is 3.96. The number of hydrogen-bond acceptors (Lipinski definition) is 2.